The number of nitrogens with one attached hydrogen (secondary N) is 1. The second kappa shape index (κ2) is 5.65. The standard InChI is InChI=1S/C14H17ClF3N3/c15-12-7-9(14(16,17)18)8-13(20-12)19-10-4-6-21-5-2-1-3-11(10)21/h7-8,10-11H,1-6H2,(H,19,20). The second-order valence-electron chi connectivity index (χ2n) is 5.70. The lowest BCUT2D eigenvalue weighted by molar-refractivity contribution is -0.137. The van der Waals surface area contributed by atoms with Crippen LogP contribution in [0.2, 0.25) is 5.15 Å². The third-order valence-electron chi connectivity index (χ3n) is 4.31. The van der Waals surface area contributed by atoms with Crippen LogP contribution >= 0.6 is 11.6 Å². The van der Waals surface area contributed by atoms with Crippen molar-refractivity contribution in [3.63, 3.8) is 0 Å². The normalized spacial score (nSPS) is 26.7. The maximum atomic E-state index is 12.8. The first-order valence-corrected chi connectivity index (χ1v) is 7.56. The van der Waals surface area contributed by atoms with Crippen molar-refractivity contribution in [2.75, 3.05) is 18.4 Å². The molecule has 3 heterocycles. The van der Waals surface area contributed by atoms with Gasteiger partial charge in [0.15, 0.2) is 0 Å². The number of aromatic nitrogens is 1. The minimum absolute atomic E-state index is 0.133. The lowest BCUT2D eigenvalue weighted by Gasteiger charge is -2.32. The van der Waals surface area contributed by atoms with Crippen molar-refractivity contribution in [3.05, 3.63) is 22.8 Å². The molecule has 7 heteroatoms. The molecule has 3 rings (SSSR count). The zero-order valence-electron chi connectivity index (χ0n) is 11.5. The first-order chi connectivity index (χ1) is 9.93. The van der Waals surface area contributed by atoms with E-state index in [2.05, 4.69) is 15.2 Å². The number of pyridine rings is 1. The second-order valence-corrected chi connectivity index (χ2v) is 6.09. The van der Waals surface area contributed by atoms with Gasteiger partial charge in [-0.05, 0) is 37.9 Å². The molecular weight excluding hydrogens is 303 g/mol. The highest BCUT2D eigenvalue weighted by molar-refractivity contribution is 6.29. The molecular formula is C14H17ClF3N3. The van der Waals surface area contributed by atoms with E-state index in [1.165, 1.54) is 12.8 Å². The summed E-state index contributed by atoms with van der Waals surface area (Å²) in [6, 6.07) is 2.44. The summed E-state index contributed by atoms with van der Waals surface area (Å²) in [6.45, 7) is 2.08. The van der Waals surface area contributed by atoms with E-state index >= 15 is 0 Å². The summed E-state index contributed by atoms with van der Waals surface area (Å²) in [6.07, 6.45) is -0.00683. The van der Waals surface area contributed by atoms with E-state index in [0.717, 1.165) is 38.1 Å². The first-order valence-electron chi connectivity index (χ1n) is 7.19. The molecule has 1 aromatic heterocycles. The van der Waals surface area contributed by atoms with Crippen molar-refractivity contribution in [3.8, 4) is 0 Å². The highest BCUT2D eigenvalue weighted by atomic mass is 35.5. The van der Waals surface area contributed by atoms with Gasteiger partial charge in [-0.2, -0.15) is 13.2 Å². The van der Waals surface area contributed by atoms with Crippen LogP contribution in [0.15, 0.2) is 12.1 Å². The van der Waals surface area contributed by atoms with Crippen LogP contribution in [0.5, 0.6) is 0 Å². The fraction of sp³-hybridized carbons (Fsp3) is 0.643. The Kier molecular flexibility index (Phi) is 4.01. The van der Waals surface area contributed by atoms with Crippen molar-refractivity contribution in [1.29, 1.82) is 0 Å². The van der Waals surface area contributed by atoms with Crippen molar-refractivity contribution >= 4 is 17.4 Å². The quantitative estimate of drug-likeness (QED) is 0.841. The number of hydrogen-bond donors (Lipinski definition) is 1. The molecule has 2 unspecified atom stereocenters. The van der Waals surface area contributed by atoms with Gasteiger partial charge in [-0.1, -0.05) is 18.0 Å². The Morgan fingerprint density at radius 3 is 2.76 bits per heavy atom. The van der Waals surface area contributed by atoms with Crippen LogP contribution in [-0.2, 0) is 6.18 Å². The minimum Gasteiger partial charge on any atom is -0.366 e. The predicted octanol–water partition coefficient (Wildman–Crippen LogP) is 3.79. The van der Waals surface area contributed by atoms with Crippen LogP contribution in [0.1, 0.15) is 31.2 Å². The van der Waals surface area contributed by atoms with Crippen LogP contribution < -0.4 is 5.32 Å². The van der Waals surface area contributed by atoms with Crippen LogP contribution in [0.4, 0.5) is 19.0 Å². The number of hydrogen-bond acceptors (Lipinski definition) is 3. The minimum atomic E-state index is -4.41. The molecule has 2 atom stereocenters. The number of fused-ring (bicyclic) bond motifs is 1. The van der Waals surface area contributed by atoms with Crippen LogP contribution in [0, 0.1) is 0 Å². The lowest BCUT2D eigenvalue weighted by Crippen LogP contribution is -2.41. The Bertz CT molecular complexity index is 521. The van der Waals surface area contributed by atoms with E-state index in [1.807, 2.05) is 0 Å². The molecule has 0 bridgehead atoms. The Morgan fingerprint density at radius 1 is 1.19 bits per heavy atom. The smallest absolute Gasteiger partial charge is 0.366 e. The summed E-state index contributed by atoms with van der Waals surface area (Å²) in [7, 11) is 0. The van der Waals surface area contributed by atoms with Crippen molar-refractivity contribution in [2.45, 2.75) is 43.9 Å². The largest absolute Gasteiger partial charge is 0.416 e. The van der Waals surface area contributed by atoms with E-state index in [9.17, 15) is 13.2 Å². The monoisotopic (exact) mass is 319 g/mol. The summed E-state index contributed by atoms with van der Waals surface area (Å²) < 4.78 is 38.4. The van der Waals surface area contributed by atoms with E-state index in [0.29, 0.717) is 6.04 Å². The maximum absolute atomic E-state index is 12.8. The molecule has 0 aliphatic carbocycles. The van der Waals surface area contributed by atoms with Gasteiger partial charge in [-0.25, -0.2) is 4.98 Å². The third kappa shape index (κ3) is 3.26. The highest BCUT2D eigenvalue weighted by Crippen LogP contribution is 2.33. The molecule has 0 aromatic carbocycles. The summed E-state index contributed by atoms with van der Waals surface area (Å²) in [5, 5.41) is 3.02. The molecule has 0 amide bonds. The topological polar surface area (TPSA) is 28.2 Å². The van der Waals surface area contributed by atoms with Crippen LogP contribution in [0.25, 0.3) is 0 Å². The van der Waals surface area contributed by atoms with Crippen molar-refractivity contribution in [2.24, 2.45) is 0 Å². The van der Waals surface area contributed by atoms with Gasteiger partial charge in [-0.15, -0.1) is 0 Å². The number of piperidine rings is 1. The molecule has 116 valence electrons. The summed E-state index contributed by atoms with van der Waals surface area (Å²) in [5.41, 5.74) is -0.761. The molecule has 2 fully saturated rings. The van der Waals surface area contributed by atoms with E-state index in [1.54, 1.807) is 0 Å². The first kappa shape index (κ1) is 14.9. The van der Waals surface area contributed by atoms with Gasteiger partial charge in [0.25, 0.3) is 0 Å². The molecule has 0 radical (unpaired) electrons. The molecule has 2 aliphatic rings. The SMILES string of the molecule is FC(F)(F)c1cc(Cl)nc(NC2CCN3CCCCC23)c1. The molecule has 1 aromatic rings. The summed E-state index contributed by atoms with van der Waals surface area (Å²) in [5.74, 6) is 0.215. The van der Waals surface area contributed by atoms with Gasteiger partial charge in [-0.3, -0.25) is 4.90 Å². The number of alkyl halides is 3. The van der Waals surface area contributed by atoms with Gasteiger partial charge in [0, 0.05) is 18.6 Å². The lowest BCUT2D eigenvalue weighted by atomic mass is 9.99. The van der Waals surface area contributed by atoms with E-state index in [4.69, 9.17) is 11.6 Å². The zero-order valence-corrected chi connectivity index (χ0v) is 12.2. The number of anilines is 1. The molecule has 2 aliphatic heterocycles. The van der Waals surface area contributed by atoms with Gasteiger partial charge in [0.1, 0.15) is 11.0 Å². The van der Waals surface area contributed by atoms with Crippen molar-refractivity contribution in [1.82, 2.24) is 9.88 Å². The van der Waals surface area contributed by atoms with Gasteiger partial charge >= 0.3 is 6.18 Å². The van der Waals surface area contributed by atoms with E-state index in [-0.39, 0.29) is 17.0 Å². The molecule has 1 N–H and O–H groups in total. The van der Waals surface area contributed by atoms with Gasteiger partial charge < -0.3 is 5.32 Å². The third-order valence-corrected chi connectivity index (χ3v) is 4.50. The van der Waals surface area contributed by atoms with Crippen LogP contribution in [0.3, 0.4) is 0 Å². The van der Waals surface area contributed by atoms with Crippen LogP contribution in [-0.4, -0.2) is 35.1 Å². The molecule has 0 spiro atoms. The predicted molar refractivity (Wildman–Crippen MR) is 75.5 cm³/mol. The Morgan fingerprint density at radius 2 is 2.00 bits per heavy atom. The van der Waals surface area contributed by atoms with Gasteiger partial charge in [0.2, 0.25) is 0 Å². The number of rotatable bonds is 2. The molecule has 2 saturated heterocycles. The average molecular weight is 320 g/mol. The Labute approximate surface area is 126 Å². The molecule has 21 heavy (non-hydrogen) atoms. The Hall–Kier alpha value is -1.01. The zero-order chi connectivity index (χ0) is 15.0. The molecule has 0 saturated carbocycles. The highest BCUT2D eigenvalue weighted by Gasteiger charge is 2.36. The summed E-state index contributed by atoms with van der Waals surface area (Å²) in [4.78, 5) is 6.40. The fourth-order valence-corrected chi connectivity index (χ4v) is 3.55. The van der Waals surface area contributed by atoms with Crippen molar-refractivity contribution < 1.29 is 13.2 Å². The molecule has 3 nitrogen and oxygen atoms in total. The summed E-state index contributed by atoms with van der Waals surface area (Å²) >= 11 is 5.72. The number of halogens is 4. The average Bonchev–Trinajstić information content (AvgIpc) is 2.81. The maximum Gasteiger partial charge on any atom is 0.416 e. The fourth-order valence-electron chi connectivity index (χ4n) is 3.34. The van der Waals surface area contributed by atoms with E-state index < -0.39 is 11.7 Å². The van der Waals surface area contributed by atoms with Gasteiger partial charge in [0.05, 0.1) is 5.56 Å². The number of nitrogens with zero attached hydrogens (tertiary/aromatic N) is 2. The Balaban J connectivity index is 1.77.